The van der Waals surface area contributed by atoms with Gasteiger partial charge in [0.15, 0.2) is 0 Å². The van der Waals surface area contributed by atoms with Gasteiger partial charge in [0.1, 0.15) is 35.8 Å². The maximum atomic E-state index is 15.4. The summed E-state index contributed by atoms with van der Waals surface area (Å²) in [7, 11) is 0. The third-order valence-corrected chi connectivity index (χ3v) is 8.84. The van der Waals surface area contributed by atoms with Crippen LogP contribution in [0.15, 0.2) is 54.7 Å². The predicted octanol–water partition coefficient (Wildman–Crippen LogP) is 6.35. The van der Waals surface area contributed by atoms with Gasteiger partial charge in [-0.2, -0.15) is 13.2 Å². The molecule has 4 aromatic rings. The number of ether oxygens (including phenoxy) is 1. The second-order valence-corrected chi connectivity index (χ2v) is 11.8. The molecule has 12 heteroatoms. The molecule has 0 atom stereocenters. The number of rotatable bonds is 6. The molecule has 0 radical (unpaired) electrons. The molecule has 3 aliphatic rings. The Morgan fingerprint density at radius 3 is 2.65 bits per heavy atom. The lowest BCUT2D eigenvalue weighted by Gasteiger charge is -2.26. The quantitative estimate of drug-likeness (QED) is 0.241. The topological polar surface area (TPSA) is 98.8 Å². The van der Waals surface area contributed by atoms with E-state index < -0.39 is 36.8 Å². The van der Waals surface area contributed by atoms with Gasteiger partial charge in [0.05, 0.1) is 18.8 Å². The molecule has 0 spiro atoms. The van der Waals surface area contributed by atoms with Crippen molar-refractivity contribution in [2.24, 2.45) is 0 Å². The van der Waals surface area contributed by atoms with Crippen molar-refractivity contribution in [2.75, 3.05) is 31.1 Å². The number of hydrogen-bond donors (Lipinski definition) is 2. The first-order chi connectivity index (χ1) is 22.1. The maximum absolute atomic E-state index is 15.4. The van der Waals surface area contributed by atoms with Crippen LogP contribution < -0.4 is 9.64 Å². The van der Waals surface area contributed by atoms with Crippen molar-refractivity contribution in [1.82, 2.24) is 14.9 Å². The first-order valence-electron chi connectivity index (χ1n) is 15.1. The molecule has 2 aromatic carbocycles. The number of hydrogen-bond acceptors (Lipinski definition) is 5. The van der Waals surface area contributed by atoms with Gasteiger partial charge >= 0.3 is 6.18 Å². The van der Waals surface area contributed by atoms with Gasteiger partial charge in [-0.3, -0.25) is 9.59 Å². The van der Waals surface area contributed by atoms with Crippen molar-refractivity contribution in [3.63, 3.8) is 0 Å². The third kappa shape index (κ3) is 5.61. The second-order valence-electron chi connectivity index (χ2n) is 11.8. The molecule has 2 amide bonds. The molecule has 0 bridgehead atoms. The highest BCUT2D eigenvalue weighted by Crippen LogP contribution is 2.44. The minimum Gasteiger partial charge on any atom is -0.491 e. The van der Waals surface area contributed by atoms with E-state index in [1.807, 2.05) is 12.1 Å². The number of alkyl halides is 3. The summed E-state index contributed by atoms with van der Waals surface area (Å²) >= 11 is 0. The van der Waals surface area contributed by atoms with E-state index in [4.69, 9.17) is 4.74 Å². The first kappa shape index (κ1) is 30.0. The highest BCUT2D eigenvalue weighted by atomic mass is 19.4. The van der Waals surface area contributed by atoms with E-state index in [2.05, 4.69) is 9.97 Å². The van der Waals surface area contributed by atoms with Gasteiger partial charge in [0.2, 0.25) is 5.91 Å². The molecule has 1 fully saturated rings. The zero-order chi connectivity index (χ0) is 32.2. The van der Waals surface area contributed by atoms with E-state index in [0.717, 1.165) is 40.6 Å². The minimum absolute atomic E-state index is 0.0653. The monoisotopic (exact) mass is 634 g/mol. The van der Waals surface area contributed by atoms with Crippen molar-refractivity contribution in [3.8, 4) is 16.9 Å². The summed E-state index contributed by atoms with van der Waals surface area (Å²) in [5, 5.41) is 11.4. The number of aliphatic hydroxyl groups is 1. The molecule has 8 nitrogen and oxygen atoms in total. The normalized spacial score (nSPS) is 17.1. The average molecular weight is 635 g/mol. The van der Waals surface area contributed by atoms with Crippen LogP contribution in [0.3, 0.4) is 0 Å². The van der Waals surface area contributed by atoms with Gasteiger partial charge in [-0.1, -0.05) is 18.2 Å². The van der Waals surface area contributed by atoms with Gasteiger partial charge in [0, 0.05) is 35.9 Å². The van der Waals surface area contributed by atoms with Crippen molar-refractivity contribution < 1.29 is 37.0 Å². The lowest BCUT2D eigenvalue weighted by molar-refractivity contribution is -0.161. The molecule has 1 saturated carbocycles. The highest BCUT2D eigenvalue weighted by Gasteiger charge is 2.35. The number of nitrogens with zero attached hydrogens (tertiary/aromatic N) is 3. The fourth-order valence-corrected chi connectivity index (χ4v) is 6.39. The van der Waals surface area contributed by atoms with Crippen LogP contribution in [0, 0.1) is 5.82 Å². The number of H-pyrrole nitrogens is 1. The Labute approximate surface area is 261 Å². The lowest BCUT2D eigenvalue weighted by Crippen LogP contribution is -2.37. The van der Waals surface area contributed by atoms with E-state index in [0.29, 0.717) is 34.8 Å². The van der Waals surface area contributed by atoms with Gasteiger partial charge < -0.3 is 24.6 Å². The Morgan fingerprint density at radius 1 is 1.11 bits per heavy atom. The van der Waals surface area contributed by atoms with Gasteiger partial charge in [-0.25, -0.2) is 9.37 Å². The molecule has 46 heavy (non-hydrogen) atoms. The smallest absolute Gasteiger partial charge is 0.397 e. The summed E-state index contributed by atoms with van der Waals surface area (Å²) in [5.41, 5.74) is 5.12. The van der Waals surface area contributed by atoms with Crippen LogP contribution in [0.4, 0.5) is 23.2 Å². The average Bonchev–Trinajstić information content (AvgIpc) is 3.81. The number of halogens is 4. The summed E-state index contributed by atoms with van der Waals surface area (Å²) < 4.78 is 59.3. The van der Waals surface area contributed by atoms with Crippen LogP contribution in [0.25, 0.3) is 27.7 Å². The lowest BCUT2D eigenvalue weighted by atomic mass is 9.95. The van der Waals surface area contributed by atoms with Crippen molar-refractivity contribution in [1.29, 1.82) is 0 Å². The summed E-state index contributed by atoms with van der Waals surface area (Å²) in [6, 6.07) is 12.2. The number of benzene rings is 2. The standard InChI is InChI=1S/C34H30F4N4O4/c35-26-14-21(19-4-5-19)15-29-31(26)33(45)42(12-13-46-29)28-3-1-2-22(25(28)18-43)23-6-9-39-32-24(23)16-27(40-32)20-7-10-41(11-8-20)30(44)17-34(36,37)38/h1-3,6-7,9,14-16,19,43H,4-5,8,10-13,17-18H2,(H,39,40). The fourth-order valence-electron chi connectivity index (χ4n) is 6.39. The molecule has 0 unspecified atom stereocenters. The van der Waals surface area contributed by atoms with Crippen LogP contribution in [0.1, 0.15) is 58.8 Å². The van der Waals surface area contributed by atoms with E-state index in [1.165, 1.54) is 15.9 Å². The van der Waals surface area contributed by atoms with Crippen LogP contribution in [-0.2, 0) is 11.4 Å². The number of aliphatic hydroxyl groups excluding tert-OH is 1. The third-order valence-electron chi connectivity index (χ3n) is 8.84. The maximum Gasteiger partial charge on any atom is 0.397 e. The number of aromatic amines is 1. The van der Waals surface area contributed by atoms with Crippen LogP contribution in [0.5, 0.6) is 5.75 Å². The number of nitrogens with one attached hydrogen (secondary N) is 1. The van der Waals surface area contributed by atoms with E-state index in [-0.39, 0.29) is 37.6 Å². The molecular formula is C34H30F4N4O4. The largest absolute Gasteiger partial charge is 0.491 e. The predicted molar refractivity (Wildman–Crippen MR) is 163 cm³/mol. The zero-order valence-corrected chi connectivity index (χ0v) is 24.7. The number of carbonyl (C=O) groups excluding carboxylic acids is 2. The second kappa shape index (κ2) is 11.6. The zero-order valence-electron chi connectivity index (χ0n) is 24.7. The number of pyridine rings is 1. The molecule has 1 aliphatic carbocycles. The van der Waals surface area contributed by atoms with Crippen LogP contribution in [-0.4, -0.2) is 64.2 Å². The summed E-state index contributed by atoms with van der Waals surface area (Å²) in [6.07, 6.45) is -0.355. The van der Waals surface area contributed by atoms with Crippen molar-refractivity contribution >= 4 is 34.1 Å². The Hall–Kier alpha value is -4.71. The van der Waals surface area contributed by atoms with Crippen LogP contribution >= 0.6 is 0 Å². The minimum atomic E-state index is -4.56. The number of fused-ring (bicyclic) bond motifs is 2. The first-order valence-corrected chi connectivity index (χ1v) is 15.1. The molecule has 0 saturated heterocycles. The Balaban J connectivity index is 1.21. The summed E-state index contributed by atoms with van der Waals surface area (Å²) in [5.74, 6) is -1.60. The van der Waals surface area contributed by atoms with E-state index in [1.54, 1.807) is 36.5 Å². The molecule has 2 N–H and O–H groups in total. The summed E-state index contributed by atoms with van der Waals surface area (Å²) in [4.78, 5) is 36.2. The highest BCUT2D eigenvalue weighted by molar-refractivity contribution is 6.09. The Bertz CT molecular complexity index is 1900. The Morgan fingerprint density at radius 2 is 1.93 bits per heavy atom. The van der Waals surface area contributed by atoms with Crippen LogP contribution in [0.2, 0.25) is 0 Å². The molecule has 2 aromatic heterocycles. The van der Waals surface area contributed by atoms with Gasteiger partial charge in [-0.05, 0) is 77.8 Å². The van der Waals surface area contributed by atoms with E-state index >= 15 is 4.39 Å². The van der Waals surface area contributed by atoms with Gasteiger partial charge in [-0.15, -0.1) is 0 Å². The van der Waals surface area contributed by atoms with Crippen molar-refractivity contribution in [2.45, 2.75) is 44.4 Å². The molecule has 2 aliphatic heterocycles. The summed E-state index contributed by atoms with van der Waals surface area (Å²) in [6.45, 7) is 0.123. The van der Waals surface area contributed by atoms with Crippen molar-refractivity contribution in [3.05, 3.63) is 82.9 Å². The van der Waals surface area contributed by atoms with E-state index in [9.17, 15) is 27.9 Å². The van der Waals surface area contributed by atoms with Gasteiger partial charge in [0.25, 0.3) is 5.91 Å². The number of amides is 2. The SMILES string of the molecule is O=C(CC(F)(F)F)N1CC=C(c2cc3c(-c4cccc(N5CCOc6cc(C7CC7)cc(F)c6C5=O)c4CO)ccnc3[nH]2)CC1. The number of anilines is 1. The molecule has 7 rings (SSSR count). The molecule has 238 valence electrons. The molecular weight excluding hydrogens is 604 g/mol. The Kier molecular flexibility index (Phi) is 7.54. The fraction of sp³-hybridized carbons (Fsp3) is 0.324. The number of aromatic nitrogens is 2. The molecule has 4 heterocycles. The number of carbonyl (C=O) groups is 2.